The highest BCUT2D eigenvalue weighted by Gasteiger charge is 2.37. The van der Waals surface area contributed by atoms with Gasteiger partial charge in [-0.2, -0.15) is 0 Å². The number of amides is 1. The molecule has 8 nitrogen and oxygen atoms in total. The summed E-state index contributed by atoms with van der Waals surface area (Å²) in [5.74, 6) is -0.767. The van der Waals surface area contributed by atoms with Crippen LogP contribution in [0.3, 0.4) is 0 Å². The number of sulfone groups is 1. The minimum absolute atomic E-state index is 0.152. The van der Waals surface area contributed by atoms with Gasteiger partial charge >= 0.3 is 5.63 Å². The van der Waals surface area contributed by atoms with E-state index in [1.54, 1.807) is 13.0 Å². The second-order valence-electron chi connectivity index (χ2n) is 7.87. The van der Waals surface area contributed by atoms with Crippen LogP contribution in [0, 0.1) is 13.8 Å². The first-order chi connectivity index (χ1) is 14.0. The number of carbonyl (C=O) groups is 1. The molecular formula is C21H25NO7S. The van der Waals surface area contributed by atoms with Gasteiger partial charge in [-0.1, -0.05) is 6.58 Å². The monoisotopic (exact) mass is 435 g/mol. The Balaban J connectivity index is 1.93. The maximum absolute atomic E-state index is 12.5. The molecule has 3 rings (SSSR count). The Bertz CT molecular complexity index is 1180. The molecule has 1 fully saturated rings. The number of ether oxygens (including phenoxy) is 1. The van der Waals surface area contributed by atoms with Gasteiger partial charge in [0.2, 0.25) is 5.91 Å². The third-order valence-corrected chi connectivity index (χ3v) is 6.68. The minimum Gasteiger partial charge on any atom is -0.488 e. The van der Waals surface area contributed by atoms with Gasteiger partial charge in [0, 0.05) is 0 Å². The van der Waals surface area contributed by atoms with Crippen LogP contribution in [0.4, 0.5) is 0 Å². The standard InChI is InChI=1S/C21H25NO7S/c1-11(2)8-28-17-5-12(3)6-18-20(17)13(4)14(21(25)29-18)7-19(24)22-15-9-30(26,27)10-16(15)23/h5-6,15-16,23H,1,7-10H2,2-4H3,(H,22,24)/t15-,16-/m1/s1. The highest BCUT2D eigenvalue weighted by molar-refractivity contribution is 7.91. The third kappa shape index (κ3) is 4.73. The zero-order valence-electron chi connectivity index (χ0n) is 17.1. The average Bonchev–Trinajstić information content (AvgIpc) is 2.87. The Morgan fingerprint density at radius 3 is 2.63 bits per heavy atom. The quantitative estimate of drug-likeness (QED) is 0.516. The van der Waals surface area contributed by atoms with E-state index in [9.17, 15) is 23.1 Å². The predicted octanol–water partition coefficient (Wildman–Crippen LogP) is 1.18. The fraction of sp³-hybridized carbons (Fsp3) is 0.429. The van der Waals surface area contributed by atoms with E-state index in [0.717, 1.165) is 11.1 Å². The van der Waals surface area contributed by atoms with E-state index in [2.05, 4.69) is 11.9 Å². The van der Waals surface area contributed by atoms with Crippen molar-refractivity contribution in [3.63, 3.8) is 0 Å². The Hall–Kier alpha value is -2.65. The van der Waals surface area contributed by atoms with E-state index >= 15 is 0 Å². The molecule has 2 N–H and O–H groups in total. The molecule has 0 unspecified atom stereocenters. The molecule has 30 heavy (non-hydrogen) atoms. The SMILES string of the molecule is C=C(C)COc1cc(C)cc2oc(=O)c(CC(=O)N[C@@H]3CS(=O)(=O)C[C@H]3O)c(C)c12. The number of hydrogen-bond donors (Lipinski definition) is 2. The summed E-state index contributed by atoms with van der Waals surface area (Å²) < 4.78 is 34.5. The van der Waals surface area contributed by atoms with Crippen molar-refractivity contribution < 1.29 is 27.5 Å². The summed E-state index contributed by atoms with van der Waals surface area (Å²) in [7, 11) is -3.40. The van der Waals surface area contributed by atoms with Crippen molar-refractivity contribution in [2.45, 2.75) is 39.3 Å². The van der Waals surface area contributed by atoms with Crippen LogP contribution in [0.25, 0.3) is 11.0 Å². The minimum atomic E-state index is -3.40. The van der Waals surface area contributed by atoms with E-state index in [1.807, 2.05) is 19.9 Å². The molecule has 0 radical (unpaired) electrons. The highest BCUT2D eigenvalue weighted by atomic mass is 32.2. The van der Waals surface area contributed by atoms with Gasteiger partial charge in [-0.25, -0.2) is 13.2 Å². The van der Waals surface area contributed by atoms with Gasteiger partial charge < -0.3 is 19.6 Å². The van der Waals surface area contributed by atoms with E-state index in [0.29, 0.717) is 28.9 Å². The molecule has 162 valence electrons. The normalized spacial score (nSPS) is 20.3. The van der Waals surface area contributed by atoms with Crippen LogP contribution >= 0.6 is 0 Å². The van der Waals surface area contributed by atoms with E-state index in [-0.39, 0.29) is 17.7 Å². The maximum Gasteiger partial charge on any atom is 0.340 e. The number of hydrogen-bond acceptors (Lipinski definition) is 7. The lowest BCUT2D eigenvalue weighted by molar-refractivity contribution is -0.121. The molecule has 1 aliphatic rings. The number of carbonyl (C=O) groups excluding carboxylic acids is 1. The third-order valence-electron chi connectivity index (χ3n) is 4.97. The summed E-state index contributed by atoms with van der Waals surface area (Å²) in [5, 5.41) is 13.0. The first kappa shape index (κ1) is 22.0. The molecule has 0 bridgehead atoms. The van der Waals surface area contributed by atoms with Crippen LogP contribution in [0.5, 0.6) is 5.75 Å². The first-order valence-corrected chi connectivity index (χ1v) is 11.3. The van der Waals surface area contributed by atoms with Crippen LogP contribution in [-0.2, 0) is 21.1 Å². The lowest BCUT2D eigenvalue weighted by Crippen LogP contribution is -2.43. The summed E-state index contributed by atoms with van der Waals surface area (Å²) in [6.45, 7) is 9.50. The fourth-order valence-corrected chi connectivity index (χ4v) is 5.28. The van der Waals surface area contributed by atoms with Crippen LogP contribution in [0.2, 0.25) is 0 Å². The summed E-state index contributed by atoms with van der Waals surface area (Å²) in [6.07, 6.45) is -1.47. The molecule has 9 heteroatoms. The highest BCUT2D eigenvalue weighted by Crippen LogP contribution is 2.31. The number of fused-ring (bicyclic) bond motifs is 1. The van der Waals surface area contributed by atoms with Crippen molar-refractivity contribution in [2.24, 2.45) is 0 Å². The number of benzene rings is 1. The molecule has 1 aromatic carbocycles. The van der Waals surface area contributed by atoms with Crippen molar-refractivity contribution in [1.82, 2.24) is 5.32 Å². The molecule has 2 atom stereocenters. The van der Waals surface area contributed by atoms with Gasteiger partial charge in [-0.3, -0.25) is 4.79 Å². The van der Waals surface area contributed by atoms with Crippen molar-refractivity contribution in [2.75, 3.05) is 18.1 Å². The zero-order chi connectivity index (χ0) is 22.2. The number of nitrogens with one attached hydrogen (secondary N) is 1. The van der Waals surface area contributed by atoms with Crippen molar-refractivity contribution in [3.05, 3.63) is 51.4 Å². The van der Waals surface area contributed by atoms with Crippen LogP contribution in [0.1, 0.15) is 23.6 Å². The molecule has 0 saturated carbocycles. The Kier molecular flexibility index (Phi) is 6.05. The molecule has 1 saturated heterocycles. The first-order valence-electron chi connectivity index (χ1n) is 9.49. The van der Waals surface area contributed by atoms with Crippen molar-refractivity contribution >= 4 is 26.7 Å². The number of aryl methyl sites for hydroxylation is 2. The van der Waals surface area contributed by atoms with E-state index in [4.69, 9.17) is 9.15 Å². The summed E-state index contributed by atoms with van der Waals surface area (Å²) in [5.41, 5.74) is 2.09. The second kappa shape index (κ2) is 8.23. The predicted molar refractivity (Wildman–Crippen MR) is 113 cm³/mol. The number of aliphatic hydroxyl groups excluding tert-OH is 1. The van der Waals surface area contributed by atoms with E-state index < -0.39 is 39.3 Å². The Labute approximate surface area is 174 Å². The zero-order valence-corrected chi connectivity index (χ0v) is 18.0. The molecular weight excluding hydrogens is 410 g/mol. The molecule has 2 aromatic rings. The summed E-state index contributed by atoms with van der Waals surface area (Å²) in [4.78, 5) is 25.0. The topological polar surface area (TPSA) is 123 Å². The molecule has 2 heterocycles. The average molecular weight is 435 g/mol. The van der Waals surface area contributed by atoms with Gasteiger partial charge in [-0.15, -0.1) is 0 Å². The summed E-state index contributed by atoms with van der Waals surface area (Å²) in [6, 6.07) is 2.65. The van der Waals surface area contributed by atoms with Gasteiger partial charge in [0.1, 0.15) is 17.9 Å². The van der Waals surface area contributed by atoms with Gasteiger partial charge in [-0.05, 0) is 49.6 Å². The van der Waals surface area contributed by atoms with Crippen molar-refractivity contribution in [3.8, 4) is 5.75 Å². The van der Waals surface area contributed by atoms with Crippen molar-refractivity contribution in [1.29, 1.82) is 0 Å². The van der Waals surface area contributed by atoms with E-state index in [1.165, 1.54) is 0 Å². The smallest absolute Gasteiger partial charge is 0.340 e. The van der Waals surface area contributed by atoms with Crippen LogP contribution < -0.4 is 15.7 Å². The van der Waals surface area contributed by atoms with Gasteiger partial charge in [0.15, 0.2) is 9.84 Å². The lowest BCUT2D eigenvalue weighted by Gasteiger charge is -2.16. The summed E-state index contributed by atoms with van der Waals surface area (Å²) >= 11 is 0. The second-order valence-corrected chi connectivity index (χ2v) is 10.0. The van der Waals surface area contributed by atoms with Crippen LogP contribution in [0.15, 0.2) is 33.5 Å². The number of aliphatic hydroxyl groups is 1. The fourth-order valence-electron chi connectivity index (χ4n) is 3.54. The molecule has 1 aliphatic heterocycles. The molecule has 0 aliphatic carbocycles. The molecule has 1 amide bonds. The molecule has 0 spiro atoms. The maximum atomic E-state index is 12.5. The molecule has 1 aromatic heterocycles. The Morgan fingerprint density at radius 2 is 2.03 bits per heavy atom. The van der Waals surface area contributed by atoms with Crippen LogP contribution in [-0.4, -0.2) is 49.7 Å². The lowest BCUT2D eigenvalue weighted by atomic mass is 10.0. The Morgan fingerprint density at radius 1 is 1.33 bits per heavy atom. The van der Waals surface area contributed by atoms with Gasteiger partial charge in [0.25, 0.3) is 0 Å². The number of rotatable bonds is 6. The largest absolute Gasteiger partial charge is 0.488 e. The van der Waals surface area contributed by atoms with Gasteiger partial charge in [0.05, 0.1) is 41.0 Å².